The Morgan fingerprint density at radius 2 is 1.91 bits per heavy atom. The summed E-state index contributed by atoms with van der Waals surface area (Å²) in [4.78, 5) is 11.5. The highest BCUT2D eigenvalue weighted by Crippen LogP contribution is 2.22. The first kappa shape index (κ1) is 19.1. The Hall–Kier alpha value is -1.91. The van der Waals surface area contributed by atoms with Crippen molar-refractivity contribution in [3.8, 4) is 5.75 Å². The van der Waals surface area contributed by atoms with Gasteiger partial charge in [0.05, 0.1) is 6.10 Å². The van der Waals surface area contributed by atoms with Gasteiger partial charge >= 0.3 is 6.09 Å². The Labute approximate surface area is 139 Å². The van der Waals surface area contributed by atoms with Crippen LogP contribution < -0.4 is 15.4 Å². The second kappa shape index (κ2) is 8.65. The van der Waals surface area contributed by atoms with E-state index in [-0.39, 0.29) is 12.2 Å². The highest BCUT2D eigenvalue weighted by molar-refractivity contribution is 5.67. The fraction of sp³-hybridized carbons (Fsp3) is 0.611. The number of alkyl carbamates (subject to hydrolysis) is 1. The molecule has 1 aromatic carbocycles. The summed E-state index contributed by atoms with van der Waals surface area (Å²) in [7, 11) is 0. The zero-order valence-electron chi connectivity index (χ0n) is 15.2. The molecule has 1 aromatic rings. The van der Waals surface area contributed by atoms with E-state index in [2.05, 4.69) is 17.6 Å². The van der Waals surface area contributed by atoms with Crippen LogP contribution in [-0.4, -0.2) is 30.9 Å². The third kappa shape index (κ3) is 8.33. The predicted octanol–water partition coefficient (Wildman–Crippen LogP) is 4.11. The standard InChI is InChI=1S/C18H30N2O3/c1-13(2)22-15-8-9-16(14(3)12-15)19-10-7-11-20-17(21)23-18(4,5)6/h8-9,12-13,19H,7,10-11H2,1-6H3,(H,20,21). The third-order valence-corrected chi connectivity index (χ3v) is 2.91. The molecule has 0 bridgehead atoms. The maximum absolute atomic E-state index is 11.5. The Morgan fingerprint density at radius 1 is 1.22 bits per heavy atom. The molecule has 0 aliphatic heterocycles. The summed E-state index contributed by atoms with van der Waals surface area (Å²) in [5.74, 6) is 0.884. The van der Waals surface area contributed by atoms with E-state index in [0.29, 0.717) is 6.54 Å². The van der Waals surface area contributed by atoms with Gasteiger partial charge in [-0.25, -0.2) is 4.79 Å². The molecule has 0 aromatic heterocycles. The summed E-state index contributed by atoms with van der Waals surface area (Å²) in [5.41, 5.74) is 1.76. The molecule has 0 radical (unpaired) electrons. The average Bonchev–Trinajstić information content (AvgIpc) is 2.37. The second-order valence-corrected chi connectivity index (χ2v) is 6.85. The Morgan fingerprint density at radius 3 is 2.48 bits per heavy atom. The van der Waals surface area contributed by atoms with E-state index in [0.717, 1.165) is 30.0 Å². The highest BCUT2D eigenvalue weighted by Gasteiger charge is 2.15. The number of nitrogens with one attached hydrogen (secondary N) is 2. The molecule has 0 aliphatic carbocycles. The van der Waals surface area contributed by atoms with Gasteiger partial charge in [-0.15, -0.1) is 0 Å². The smallest absolute Gasteiger partial charge is 0.407 e. The van der Waals surface area contributed by atoms with Gasteiger partial charge in [0.1, 0.15) is 11.4 Å². The Bertz CT molecular complexity index is 507. The summed E-state index contributed by atoms with van der Waals surface area (Å²) in [6.45, 7) is 13.0. The van der Waals surface area contributed by atoms with Crippen LogP contribution in [-0.2, 0) is 4.74 Å². The second-order valence-electron chi connectivity index (χ2n) is 6.85. The summed E-state index contributed by atoms with van der Waals surface area (Å²) in [5, 5.41) is 6.12. The molecule has 0 spiro atoms. The molecule has 0 saturated carbocycles. The van der Waals surface area contributed by atoms with Gasteiger partial charge in [-0.2, -0.15) is 0 Å². The molecule has 1 amide bonds. The number of hydrogen-bond acceptors (Lipinski definition) is 4. The van der Waals surface area contributed by atoms with Gasteiger partial charge in [0, 0.05) is 18.8 Å². The Kier molecular flexibility index (Phi) is 7.20. The van der Waals surface area contributed by atoms with Crippen LogP contribution in [0.15, 0.2) is 18.2 Å². The van der Waals surface area contributed by atoms with Crippen LogP contribution in [0.25, 0.3) is 0 Å². The molecule has 0 atom stereocenters. The molecule has 1 rings (SSSR count). The van der Waals surface area contributed by atoms with Gasteiger partial charge in [-0.05, 0) is 71.7 Å². The molecular weight excluding hydrogens is 292 g/mol. The van der Waals surface area contributed by atoms with E-state index >= 15 is 0 Å². The first-order chi connectivity index (χ1) is 10.7. The van der Waals surface area contributed by atoms with E-state index in [1.165, 1.54) is 0 Å². The molecule has 0 saturated heterocycles. The number of hydrogen-bond donors (Lipinski definition) is 2. The maximum Gasteiger partial charge on any atom is 0.407 e. The summed E-state index contributed by atoms with van der Waals surface area (Å²) < 4.78 is 10.9. The summed E-state index contributed by atoms with van der Waals surface area (Å²) >= 11 is 0. The fourth-order valence-electron chi connectivity index (χ4n) is 2.00. The number of carbonyl (C=O) groups excluding carboxylic acids is 1. The zero-order chi connectivity index (χ0) is 17.5. The number of benzene rings is 1. The SMILES string of the molecule is Cc1cc(OC(C)C)ccc1NCCCNC(=O)OC(C)(C)C. The van der Waals surface area contributed by atoms with Crippen molar-refractivity contribution < 1.29 is 14.3 Å². The lowest BCUT2D eigenvalue weighted by atomic mass is 10.2. The molecule has 2 N–H and O–H groups in total. The monoisotopic (exact) mass is 322 g/mol. The summed E-state index contributed by atoms with van der Waals surface area (Å²) in [6, 6.07) is 6.02. The minimum atomic E-state index is -0.459. The third-order valence-electron chi connectivity index (χ3n) is 2.91. The first-order valence-electron chi connectivity index (χ1n) is 8.15. The van der Waals surface area contributed by atoms with Gasteiger partial charge in [-0.3, -0.25) is 0 Å². The highest BCUT2D eigenvalue weighted by atomic mass is 16.6. The van der Waals surface area contributed by atoms with Crippen molar-refractivity contribution in [2.24, 2.45) is 0 Å². The molecule has 0 heterocycles. The van der Waals surface area contributed by atoms with Crippen LogP contribution in [0.4, 0.5) is 10.5 Å². The summed E-state index contributed by atoms with van der Waals surface area (Å²) in [6.07, 6.45) is 0.624. The first-order valence-corrected chi connectivity index (χ1v) is 8.15. The van der Waals surface area contributed by atoms with E-state index in [4.69, 9.17) is 9.47 Å². The Balaban J connectivity index is 2.29. The molecular formula is C18H30N2O3. The quantitative estimate of drug-likeness (QED) is 0.742. The molecule has 0 aliphatic rings. The van der Waals surface area contributed by atoms with Crippen molar-refractivity contribution >= 4 is 11.8 Å². The predicted molar refractivity (Wildman–Crippen MR) is 94.3 cm³/mol. The van der Waals surface area contributed by atoms with Gasteiger partial charge in [0.15, 0.2) is 0 Å². The lowest BCUT2D eigenvalue weighted by Gasteiger charge is -2.19. The number of anilines is 1. The molecule has 0 fully saturated rings. The number of carbonyl (C=O) groups is 1. The van der Waals surface area contributed by atoms with Crippen LogP contribution in [0.3, 0.4) is 0 Å². The van der Waals surface area contributed by atoms with E-state index in [1.807, 2.05) is 52.8 Å². The van der Waals surface area contributed by atoms with Crippen molar-refractivity contribution in [1.82, 2.24) is 5.32 Å². The number of amides is 1. The molecule has 130 valence electrons. The lowest BCUT2D eigenvalue weighted by molar-refractivity contribution is 0.0528. The number of aryl methyl sites for hydroxylation is 1. The van der Waals surface area contributed by atoms with Crippen LogP contribution >= 0.6 is 0 Å². The molecule has 5 heteroatoms. The van der Waals surface area contributed by atoms with Crippen molar-refractivity contribution in [2.45, 2.75) is 59.7 Å². The van der Waals surface area contributed by atoms with Crippen LogP contribution in [0, 0.1) is 6.92 Å². The van der Waals surface area contributed by atoms with E-state index in [9.17, 15) is 4.79 Å². The zero-order valence-corrected chi connectivity index (χ0v) is 15.2. The minimum Gasteiger partial charge on any atom is -0.491 e. The van der Waals surface area contributed by atoms with Gasteiger partial charge in [0.2, 0.25) is 0 Å². The van der Waals surface area contributed by atoms with Crippen LogP contribution in [0.1, 0.15) is 46.6 Å². The molecule has 5 nitrogen and oxygen atoms in total. The largest absolute Gasteiger partial charge is 0.491 e. The average molecular weight is 322 g/mol. The normalized spacial score (nSPS) is 11.3. The molecule has 0 unspecified atom stereocenters. The number of ether oxygens (including phenoxy) is 2. The maximum atomic E-state index is 11.5. The van der Waals surface area contributed by atoms with Gasteiger partial charge < -0.3 is 20.1 Å². The minimum absolute atomic E-state index is 0.173. The fourth-order valence-corrected chi connectivity index (χ4v) is 2.00. The van der Waals surface area contributed by atoms with Crippen LogP contribution in [0.2, 0.25) is 0 Å². The van der Waals surface area contributed by atoms with E-state index in [1.54, 1.807) is 0 Å². The van der Waals surface area contributed by atoms with E-state index < -0.39 is 5.60 Å². The van der Waals surface area contributed by atoms with Crippen molar-refractivity contribution in [3.05, 3.63) is 23.8 Å². The number of rotatable bonds is 7. The topological polar surface area (TPSA) is 59.6 Å². The van der Waals surface area contributed by atoms with Crippen molar-refractivity contribution in [2.75, 3.05) is 18.4 Å². The van der Waals surface area contributed by atoms with Crippen molar-refractivity contribution in [3.63, 3.8) is 0 Å². The van der Waals surface area contributed by atoms with Crippen LogP contribution in [0.5, 0.6) is 5.75 Å². The van der Waals surface area contributed by atoms with Gasteiger partial charge in [0.25, 0.3) is 0 Å². The lowest BCUT2D eigenvalue weighted by Crippen LogP contribution is -2.33. The van der Waals surface area contributed by atoms with Crippen molar-refractivity contribution in [1.29, 1.82) is 0 Å². The molecule has 23 heavy (non-hydrogen) atoms. The van der Waals surface area contributed by atoms with Gasteiger partial charge in [-0.1, -0.05) is 0 Å².